The molecule has 0 bridgehead atoms. The molecule has 2 atom stereocenters. The first-order valence-corrected chi connectivity index (χ1v) is 12.0. The van der Waals surface area contributed by atoms with Gasteiger partial charge in [0.2, 0.25) is 5.91 Å². The Labute approximate surface area is 215 Å². The fourth-order valence-corrected chi connectivity index (χ4v) is 5.56. The molecule has 4 rings (SSSR count). The van der Waals surface area contributed by atoms with E-state index in [1.165, 1.54) is 7.11 Å². The third-order valence-electron chi connectivity index (χ3n) is 6.28. The number of halogens is 2. The molecule has 2 aliphatic heterocycles. The largest absolute Gasteiger partial charge is 0.469 e. The van der Waals surface area contributed by atoms with E-state index >= 15 is 8.78 Å². The predicted octanol–water partition coefficient (Wildman–Crippen LogP) is 3.73. The number of anilines is 1. The topological polar surface area (TPSA) is 126 Å². The van der Waals surface area contributed by atoms with Crippen molar-refractivity contribution in [2.45, 2.75) is 31.4 Å². The SMILES string of the molecule is COC(=O)C[C@H]1SC2=C(C(=O)Nc3ccc(C)c(C)c3)[C@H](c3c(F)cccc3F)C(C#N)=C(N)N2C1=O. The van der Waals surface area contributed by atoms with Crippen LogP contribution in [0.4, 0.5) is 14.5 Å². The number of hydrogen-bond acceptors (Lipinski definition) is 7. The molecule has 0 unspecified atom stereocenters. The first kappa shape index (κ1) is 25.9. The monoisotopic (exact) mass is 524 g/mol. The summed E-state index contributed by atoms with van der Waals surface area (Å²) < 4.78 is 34.7. The maximum atomic E-state index is 15.0. The number of esters is 1. The Balaban J connectivity index is 1.92. The van der Waals surface area contributed by atoms with E-state index in [4.69, 9.17) is 5.73 Å². The predicted molar refractivity (Wildman–Crippen MR) is 132 cm³/mol. The Hall–Kier alpha value is -4.17. The smallest absolute Gasteiger partial charge is 0.307 e. The van der Waals surface area contributed by atoms with Crippen molar-refractivity contribution in [2.75, 3.05) is 12.4 Å². The average Bonchev–Trinajstić information content (AvgIpc) is 3.17. The molecular weight excluding hydrogens is 502 g/mol. The van der Waals surface area contributed by atoms with Crippen molar-refractivity contribution < 1.29 is 27.9 Å². The minimum atomic E-state index is -1.54. The molecule has 37 heavy (non-hydrogen) atoms. The highest BCUT2D eigenvalue weighted by molar-refractivity contribution is 8.04. The van der Waals surface area contributed by atoms with Gasteiger partial charge in [-0.15, -0.1) is 0 Å². The number of amides is 2. The number of allylic oxidation sites excluding steroid dienone is 1. The van der Waals surface area contributed by atoms with Gasteiger partial charge in [0.15, 0.2) is 0 Å². The van der Waals surface area contributed by atoms with Crippen LogP contribution in [0.3, 0.4) is 0 Å². The zero-order valence-corrected chi connectivity index (χ0v) is 20.9. The van der Waals surface area contributed by atoms with Gasteiger partial charge in [0, 0.05) is 11.3 Å². The lowest BCUT2D eigenvalue weighted by Crippen LogP contribution is -2.39. The third-order valence-corrected chi connectivity index (χ3v) is 7.55. The molecule has 3 N–H and O–H groups in total. The number of methoxy groups -OCH3 is 1. The van der Waals surface area contributed by atoms with Gasteiger partial charge in [-0.3, -0.25) is 19.3 Å². The highest BCUT2D eigenvalue weighted by atomic mass is 32.2. The summed E-state index contributed by atoms with van der Waals surface area (Å²) in [5, 5.41) is 11.7. The van der Waals surface area contributed by atoms with Gasteiger partial charge < -0.3 is 15.8 Å². The number of carbonyl (C=O) groups is 3. The standard InChI is InChI=1S/C26H22F2N4O4S/c1-12-7-8-14(9-13(12)2)31-24(34)22-20(21-16(27)5-4-6-17(21)28)15(11-29)23(30)32-25(35)18(37-26(22)32)10-19(33)36-3/h4-9,18,20H,10,30H2,1-3H3,(H,31,34)/t18-,20+/m1/s1. The highest BCUT2D eigenvalue weighted by Gasteiger charge is 2.49. The molecule has 2 aromatic rings. The van der Waals surface area contributed by atoms with E-state index in [2.05, 4.69) is 10.1 Å². The summed E-state index contributed by atoms with van der Waals surface area (Å²) in [5.74, 6) is -5.99. The van der Waals surface area contributed by atoms with Crippen LogP contribution in [0.15, 0.2) is 58.4 Å². The van der Waals surface area contributed by atoms with Crippen LogP contribution in [0.2, 0.25) is 0 Å². The number of hydrogen-bond donors (Lipinski definition) is 2. The lowest BCUT2D eigenvalue weighted by atomic mass is 9.82. The molecule has 0 saturated carbocycles. The molecule has 2 amide bonds. The molecule has 0 radical (unpaired) electrons. The third kappa shape index (κ3) is 4.56. The second kappa shape index (κ2) is 10.1. The zero-order chi connectivity index (χ0) is 27.0. The number of nitriles is 1. The molecule has 190 valence electrons. The molecule has 0 aliphatic carbocycles. The number of ether oxygens (including phenoxy) is 1. The van der Waals surface area contributed by atoms with E-state index < -0.39 is 46.1 Å². The number of nitrogens with two attached hydrogens (primary N) is 1. The van der Waals surface area contributed by atoms with Crippen molar-refractivity contribution in [1.82, 2.24) is 4.90 Å². The zero-order valence-electron chi connectivity index (χ0n) is 20.1. The highest BCUT2D eigenvalue weighted by Crippen LogP contribution is 2.50. The molecule has 2 heterocycles. The number of rotatable bonds is 5. The number of nitrogens with one attached hydrogen (secondary N) is 1. The van der Waals surface area contributed by atoms with Crippen LogP contribution in [0.25, 0.3) is 0 Å². The van der Waals surface area contributed by atoms with Crippen molar-refractivity contribution in [3.63, 3.8) is 0 Å². The van der Waals surface area contributed by atoms with E-state index in [9.17, 15) is 19.6 Å². The van der Waals surface area contributed by atoms with Crippen LogP contribution in [-0.4, -0.2) is 35.0 Å². The molecular formula is C26H22F2N4O4S. The number of carbonyl (C=O) groups excluding carboxylic acids is 3. The van der Waals surface area contributed by atoms with Gasteiger partial charge in [-0.25, -0.2) is 8.78 Å². The summed E-state index contributed by atoms with van der Waals surface area (Å²) in [6.45, 7) is 3.75. The van der Waals surface area contributed by atoms with Crippen LogP contribution in [0.5, 0.6) is 0 Å². The van der Waals surface area contributed by atoms with E-state index in [-0.39, 0.29) is 28.4 Å². The normalized spacial score (nSPS) is 19.0. The summed E-state index contributed by atoms with van der Waals surface area (Å²) >= 11 is 0.851. The summed E-state index contributed by atoms with van der Waals surface area (Å²) in [6.07, 6.45) is -0.333. The number of nitrogens with zero attached hydrogens (tertiary/aromatic N) is 2. The van der Waals surface area contributed by atoms with E-state index in [1.807, 2.05) is 19.9 Å². The Morgan fingerprint density at radius 3 is 2.46 bits per heavy atom. The van der Waals surface area contributed by atoms with Crippen molar-refractivity contribution in [3.8, 4) is 6.07 Å². The van der Waals surface area contributed by atoms with Crippen molar-refractivity contribution in [3.05, 3.63) is 86.7 Å². The Morgan fingerprint density at radius 2 is 1.86 bits per heavy atom. The van der Waals surface area contributed by atoms with Crippen molar-refractivity contribution in [1.29, 1.82) is 5.26 Å². The summed E-state index contributed by atoms with van der Waals surface area (Å²) in [4.78, 5) is 39.8. The number of benzene rings is 2. The van der Waals surface area contributed by atoms with Crippen LogP contribution in [-0.2, 0) is 19.1 Å². The quantitative estimate of drug-likeness (QED) is 0.571. The van der Waals surface area contributed by atoms with Gasteiger partial charge in [0.05, 0.1) is 41.7 Å². The lowest BCUT2D eigenvalue weighted by molar-refractivity contribution is -0.142. The van der Waals surface area contributed by atoms with E-state index in [0.717, 1.165) is 46.0 Å². The van der Waals surface area contributed by atoms with Crippen LogP contribution < -0.4 is 11.1 Å². The molecule has 1 saturated heterocycles. The minimum Gasteiger partial charge on any atom is -0.469 e. The second-order valence-corrected chi connectivity index (χ2v) is 9.70. The van der Waals surface area contributed by atoms with Crippen LogP contribution in [0.1, 0.15) is 29.0 Å². The van der Waals surface area contributed by atoms with Crippen molar-refractivity contribution in [2.24, 2.45) is 5.73 Å². The maximum absolute atomic E-state index is 15.0. The Morgan fingerprint density at radius 1 is 1.19 bits per heavy atom. The molecule has 11 heteroatoms. The van der Waals surface area contributed by atoms with E-state index in [1.54, 1.807) is 18.2 Å². The maximum Gasteiger partial charge on any atom is 0.307 e. The second-order valence-electron chi connectivity index (χ2n) is 8.51. The van der Waals surface area contributed by atoms with Gasteiger partial charge in [-0.1, -0.05) is 23.9 Å². The average molecular weight is 525 g/mol. The number of fused-ring (bicyclic) bond motifs is 1. The summed E-state index contributed by atoms with van der Waals surface area (Å²) in [7, 11) is 1.17. The fourth-order valence-electron chi connectivity index (χ4n) is 4.24. The molecule has 2 aromatic carbocycles. The van der Waals surface area contributed by atoms with E-state index in [0.29, 0.717) is 5.69 Å². The summed E-state index contributed by atoms with van der Waals surface area (Å²) in [5.41, 5.74) is 7.32. The molecule has 2 aliphatic rings. The molecule has 1 fully saturated rings. The number of thioether (sulfide) groups is 1. The fraction of sp³-hybridized carbons (Fsp3) is 0.231. The first-order valence-electron chi connectivity index (χ1n) is 11.1. The summed E-state index contributed by atoms with van der Waals surface area (Å²) in [6, 6.07) is 10.2. The molecule has 0 spiro atoms. The van der Waals surface area contributed by atoms with Crippen molar-refractivity contribution >= 4 is 35.2 Å². The number of aryl methyl sites for hydroxylation is 2. The van der Waals surface area contributed by atoms with Gasteiger partial charge in [-0.05, 0) is 49.2 Å². The lowest BCUT2D eigenvalue weighted by Gasteiger charge is -2.32. The van der Waals surface area contributed by atoms with Gasteiger partial charge >= 0.3 is 5.97 Å². The minimum absolute atomic E-state index is 0.00982. The van der Waals surface area contributed by atoms with Gasteiger partial charge in [-0.2, -0.15) is 5.26 Å². The van der Waals surface area contributed by atoms with Gasteiger partial charge in [0.25, 0.3) is 5.91 Å². The molecule has 8 nitrogen and oxygen atoms in total. The van der Waals surface area contributed by atoms with Gasteiger partial charge in [0.1, 0.15) is 22.7 Å². The Bertz CT molecular complexity index is 1430. The molecule has 0 aromatic heterocycles. The Kier molecular flexibility index (Phi) is 7.05. The van der Waals surface area contributed by atoms with Crippen LogP contribution >= 0.6 is 11.8 Å². The van der Waals surface area contributed by atoms with Crippen LogP contribution in [0, 0.1) is 36.8 Å². The first-order chi connectivity index (χ1) is 17.6.